The van der Waals surface area contributed by atoms with Crippen LogP contribution < -0.4 is 5.43 Å². The highest BCUT2D eigenvalue weighted by atomic mass is 16.2. The van der Waals surface area contributed by atoms with E-state index in [2.05, 4.69) is 15.6 Å². The van der Waals surface area contributed by atoms with E-state index in [1.165, 1.54) is 11.2 Å². The topological polar surface area (TPSA) is 78.1 Å². The fourth-order valence-corrected chi connectivity index (χ4v) is 1.49. The Labute approximate surface area is 86.6 Å². The van der Waals surface area contributed by atoms with Crippen molar-refractivity contribution in [3.05, 3.63) is 18.0 Å². The second kappa shape index (κ2) is 4.12. The second-order valence-electron chi connectivity index (χ2n) is 3.41. The van der Waals surface area contributed by atoms with Crippen LogP contribution in [0.5, 0.6) is 0 Å². The molecule has 1 aliphatic rings. The van der Waals surface area contributed by atoms with Gasteiger partial charge in [-0.15, -0.1) is 0 Å². The van der Waals surface area contributed by atoms with E-state index in [4.69, 9.17) is 0 Å². The number of hydrogen-bond acceptors (Lipinski definition) is 3. The molecule has 1 aliphatic heterocycles. The molecule has 0 radical (unpaired) electrons. The van der Waals surface area contributed by atoms with Gasteiger partial charge >= 0.3 is 0 Å². The van der Waals surface area contributed by atoms with Crippen molar-refractivity contribution in [1.82, 2.24) is 20.6 Å². The maximum absolute atomic E-state index is 11.5. The van der Waals surface area contributed by atoms with Crippen LogP contribution in [0.1, 0.15) is 29.8 Å². The number of aromatic amines is 1. The van der Waals surface area contributed by atoms with E-state index in [0.717, 1.165) is 12.8 Å². The summed E-state index contributed by atoms with van der Waals surface area (Å²) in [5.74, 6) is -0.364. The van der Waals surface area contributed by atoms with Crippen molar-refractivity contribution >= 4 is 11.8 Å². The molecular formula is C9H12N4O2. The van der Waals surface area contributed by atoms with E-state index in [1.54, 1.807) is 6.07 Å². The number of H-pyrrole nitrogens is 1. The summed E-state index contributed by atoms with van der Waals surface area (Å²) in [4.78, 5) is 22.9. The number of nitrogens with one attached hydrogen (secondary N) is 2. The van der Waals surface area contributed by atoms with Gasteiger partial charge in [-0.25, -0.2) is 0 Å². The third-order valence-corrected chi connectivity index (χ3v) is 2.31. The summed E-state index contributed by atoms with van der Waals surface area (Å²) in [6, 6.07) is 1.56. The van der Waals surface area contributed by atoms with Crippen molar-refractivity contribution in [1.29, 1.82) is 0 Å². The summed E-state index contributed by atoms with van der Waals surface area (Å²) >= 11 is 0. The van der Waals surface area contributed by atoms with E-state index in [1.807, 2.05) is 0 Å². The van der Waals surface area contributed by atoms with E-state index >= 15 is 0 Å². The molecular weight excluding hydrogens is 196 g/mol. The summed E-state index contributed by atoms with van der Waals surface area (Å²) in [6.07, 6.45) is 3.82. The van der Waals surface area contributed by atoms with Crippen LogP contribution in [0.4, 0.5) is 0 Å². The SMILES string of the molecule is O=C(NN1CCCCC1=O)c1ccn[nH]1. The van der Waals surface area contributed by atoms with Crippen LogP contribution in [-0.2, 0) is 4.79 Å². The lowest BCUT2D eigenvalue weighted by molar-refractivity contribution is -0.135. The molecule has 2 amide bonds. The molecule has 0 unspecified atom stereocenters. The van der Waals surface area contributed by atoms with E-state index in [9.17, 15) is 9.59 Å². The largest absolute Gasteiger partial charge is 0.287 e. The van der Waals surface area contributed by atoms with Crippen molar-refractivity contribution in [2.45, 2.75) is 19.3 Å². The average Bonchev–Trinajstić information content (AvgIpc) is 2.74. The van der Waals surface area contributed by atoms with Crippen molar-refractivity contribution in [3.8, 4) is 0 Å². The first-order valence-electron chi connectivity index (χ1n) is 4.88. The van der Waals surface area contributed by atoms with E-state index in [-0.39, 0.29) is 11.8 Å². The molecule has 1 saturated heterocycles. The Morgan fingerprint density at radius 3 is 3.07 bits per heavy atom. The minimum atomic E-state index is -0.331. The maximum atomic E-state index is 11.5. The van der Waals surface area contributed by atoms with Gasteiger partial charge in [-0.1, -0.05) is 0 Å². The number of aromatic nitrogens is 2. The zero-order chi connectivity index (χ0) is 10.7. The second-order valence-corrected chi connectivity index (χ2v) is 3.41. The minimum Gasteiger partial charge on any atom is -0.273 e. The number of carbonyl (C=O) groups excluding carboxylic acids is 2. The molecule has 2 heterocycles. The Kier molecular flexibility index (Phi) is 2.66. The first kappa shape index (κ1) is 9.70. The molecule has 1 fully saturated rings. The molecule has 0 atom stereocenters. The van der Waals surface area contributed by atoms with Gasteiger partial charge in [-0.2, -0.15) is 5.10 Å². The molecule has 2 rings (SSSR count). The first-order chi connectivity index (χ1) is 7.27. The molecule has 0 bridgehead atoms. The van der Waals surface area contributed by atoms with Crippen molar-refractivity contribution in [2.75, 3.05) is 6.54 Å². The Hall–Kier alpha value is -1.85. The standard InChI is InChI=1S/C9H12N4O2/c14-8-3-1-2-6-13(8)12-9(15)7-4-5-10-11-7/h4-5H,1-3,6H2,(H,10,11)(H,12,15). The zero-order valence-corrected chi connectivity index (χ0v) is 8.19. The van der Waals surface area contributed by atoms with Crippen LogP contribution in [0.2, 0.25) is 0 Å². The van der Waals surface area contributed by atoms with Gasteiger partial charge in [0.05, 0.1) is 0 Å². The monoisotopic (exact) mass is 208 g/mol. The highest BCUT2D eigenvalue weighted by molar-refractivity contribution is 5.93. The number of nitrogens with zero attached hydrogens (tertiary/aromatic N) is 2. The predicted molar refractivity (Wildman–Crippen MR) is 51.6 cm³/mol. The van der Waals surface area contributed by atoms with Gasteiger partial charge < -0.3 is 0 Å². The Bertz CT molecular complexity index is 360. The summed E-state index contributed by atoms with van der Waals surface area (Å²) in [6.45, 7) is 0.582. The van der Waals surface area contributed by atoms with Gasteiger partial charge in [0.15, 0.2) is 0 Å². The minimum absolute atomic E-state index is 0.0332. The normalized spacial score (nSPS) is 16.5. The van der Waals surface area contributed by atoms with Gasteiger partial charge in [0.2, 0.25) is 5.91 Å². The smallest absolute Gasteiger partial charge is 0.273 e. The third-order valence-electron chi connectivity index (χ3n) is 2.31. The Balaban J connectivity index is 1.96. The molecule has 80 valence electrons. The summed E-state index contributed by atoms with van der Waals surface area (Å²) in [7, 11) is 0. The molecule has 1 aromatic heterocycles. The predicted octanol–water partition coefficient (Wildman–Crippen LogP) is 0.0670. The molecule has 1 aromatic rings. The van der Waals surface area contributed by atoms with Crippen molar-refractivity contribution in [2.24, 2.45) is 0 Å². The average molecular weight is 208 g/mol. The van der Waals surface area contributed by atoms with Gasteiger partial charge in [-0.05, 0) is 18.9 Å². The summed E-state index contributed by atoms with van der Waals surface area (Å²) in [5, 5.41) is 7.58. The van der Waals surface area contributed by atoms with Crippen LogP contribution in [-0.4, -0.2) is 33.6 Å². The number of hydrazine groups is 1. The quantitative estimate of drug-likeness (QED) is 0.721. The maximum Gasteiger partial charge on any atom is 0.287 e. The molecule has 0 aromatic carbocycles. The number of piperidine rings is 1. The lowest BCUT2D eigenvalue weighted by Gasteiger charge is -2.26. The highest BCUT2D eigenvalue weighted by Crippen LogP contribution is 2.08. The van der Waals surface area contributed by atoms with Crippen molar-refractivity contribution in [3.63, 3.8) is 0 Å². The first-order valence-corrected chi connectivity index (χ1v) is 4.88. The highest BCUT2D eigenvalue weighted by Gasteiger charge is 2.20. The zero-order valence-electron chi connectivity index (χ0n) is 8.19. The molecule has 15 heavy (non-hydrogen) atoms. The molecule has 0 spiro atoms. The third kappa shape index (κ3) is 2.15. The van der Waals surface area contributed by atoms with Crippen LogP contribution in [0, 0.1) is 0 Å². The summed E-state index contributed by atoms with van der Waals surface area (Å²) in [5.41, 5.74) is 2.90. The fraction of sp³-hybridized carbons (Fsp3) is 0.444. The van der Waals surface area contributed by atoms with Crippen LogP contribution in [0.15, 0.2) is 12.3 Å². The van der Waals surface area contributed by atoms with Crippen LogP contribution >= 0.6 is 0 Å². The number of carbonyl (C=O) groups is 2. The van der Waals surface area contributed by atoms with Gasteiger partial charge in [0.25, 0.3) is 5.91 Å². The van der Waals surface area contributed by atoms with Crippen LogP contribution in [0.25, 0.3) is 0 Å². The molecule has 0 aliphatic carbocycles. The number of rotatable bonds is 2. The molecule has 6 heteroatoms. The van der Waals surface area contributed by atoms with E-state index < -0.39 is 0 Å². The molecule has 0 saturated carbocycles. The number of hydrogen-bond donors (Lipinski definition) is 2. The summed E-state index contributed by atoms with van der Waals surface area (Å²) < 4.78 is 0. The fourth-order valence-electron chi connectivity index (χ4n) is 1.49. The Morgan fingerprint density at radius 2 is 2.40 bits per heavy atom. The van der Waals surface area contributed by atoms with Gasteiger partial charge in [0, 0.05) is 19.2 Å². The Morgan fingerprint density at radius 1 is 1.53 bits per heavy atom. The van der Waals surface area contributed by atoms with Crippen LogP contribution in [0.3, 0.4) is 0 Å². The lowest BCUT2D eigenvalue weighted by Crippen LogP contribution is -2.48. The number of amides is 2. The van der Waals surface area contributed by atoms with Crippen molar-refractivity contribution < 1.29 is 9.59 Å². The molecule has 2 N–H and O–H groups in total. The van der Waals surface area contributed by atoms with Gasteiger partial charge in [-0.3, -0.25) is 25.1 Å². The lowest BCUT2D eigenvalue weighted by atomic mass is 10.1. The van der Waals surface area contributed by atoms with Gasteiger partial charge in [0.1, 0.15) is 5.69 Å². The van der Waals surface area contributed by atoms with E-state index in [0.29, 0.717) is 18.7 Å². The molecule has 6 nitrogen and oxygen atoms in total.